The topological polar surface area (TPSA) is 64.6 Å². The van der Waals surface area contributed by atoms with Crippen LogP contribution in [0.4, 0.5) is 5.69 Å². The van der Waals surface area contributed by atoms with Crippen LogP contribution in [0, 0.1) is 0 Å². The molecule has 0 atom stereocenters. The first-order valence-electron chi connectivity index (χ1n) is 6.84. The van der Waals surface area contributed by atoms with Gasteiger partial charge in [-0.25, -0.2) is 8.42 Å². The Morgan fingerprint density at radius 2 is 1.68 bits per heavy atom. The van der Waals surface area contributed by atoms with Crippen LogP contribution in [-0.4, -0.2) is 22.6 Å². The van der Waals surface area contributed by atoms with E-state index in [1.165, 1.54) is 19.2 Å². The first-order valence-corrected chi connectivity index (χ1v) is 8.32. The molecule has 0 fully saturated rings. The number of sulfonamides is 1. The second-order valence-corrected chi connectivity index (χ2v) is 6.34. The first-order chi connectivity index (χ1) is 10.5. The Bertz CT molecular complexity index is 739. The van der Waals surface area contributed by atoms with Crippen LogP contribution in [0.1, 0.15) is 12.5 Å². The molecule has 2 aromatic rings. The smallest absolute Gasteiger partial charge is 0.261 e. The Kier molecular flexibility index (Phi) is 4.92. The molecule has 0 amide bonds. The van der Waals surface area contributed by atoms with Crippen molar-refractivity contribution < 1.29 is 17.9 Å². The minimum absolute atomic E-state index is 0.183. The van der Waals surface area contributed by atoms with Gasteiger partial charge in [-0.15, -0.1) is 0 Å². The van der Waals surface area contributed by atoms with Gasteiger partial charge in [-0.2, -0.15) is 0 Å². The van der Waals surface area contributed by atoms with Gasteiger partial charge in [0, 0.05) is 5.69 Å². The van der Waals surface area contributed by atoms with E-state index in [0.717, 1.165) is 17.7 Å². The summed E-state index contributed by atoms with van der Waals surface area (Å²) in [4.78, 5) is 0.183. The molecule has 0 saturated carbocycles. The molecule has 0 heterocycles. The molecule has 22 heavy (non-hydrogen) atoms. The molecule has 0 radical (unpaired) electrons. The van der Waals surface area contributed by atoms with Crippen molar-refractivity contribution in [3.63, 3.8) is 0 Å². The van der Waals surface area contributed by atoms with E-state index in [2.05, 4.69) is 4.72 Å². The molecule has 6 heteroatoms. The fourth-order valence-electron chi connectivity index (χ4n) is 2.09. The number of anilines is 1. The fraction of sp³-hybridized carbons (Fsp3) is 0.250. The molecular weight excluding hydrogens is 302 g/mol. The van der Waals surface area contributed by atoms with Crippen molar-refractivity contribution in [3.8, 4) is 11.5 Å². The quantitative estimate of drug-likeness (QED) is 0.888. The van der Waals surface area contributed by atoms with Gasteiger partial charge in [-0.3, -0.25) is 4.72 Å². The summed E-state index contributed by atoms with van der Waals surface area (Å²) in [5, 5.41) is 0. The van der Waals surface area contributed by atoms with E-state index in [1.807, 2.05) is 6.92 Å². The summed E-state index contributed by atoms with van der Waals surface area (Å²) in [6.45, 7) is 1.99. The number of benzene rings is 2. The van der Waals surface area contributed by atoms with Gasteiger partial charge in [0.1, 0.15) is 11.5 Å². The average Bonchev–Trinajstić information content (AvgIpc) is 2.54. The summed E-state index contributed by atoms with van der Waals surface area (Å²) in [5.41, 5.74) is 1.45. The fourth-order valence-corrected chi connectivity index (χ4v) is 3.14. The summed E-state index contributed by atoms with van der Waals surface area (Å²) in [6, 6.07) is 11.4. The lowest BCUT2D eigenvalue weighted by atomic mass is 10.1. The number of nitrogens with one attached hydrogen (secondary N) is 1. The lowest BCUT2D eigenvalue weighted by Gasteiger charge is -2.12. The molecular formula is C16H19NO4S. The largest absolute Gasteiger partial charge is 0.497 e. The monoisotopic (exact) mass is 321 g/mol. The van der Waals surface area contributed by atoms with Crippen molar-refractivity contribution in [2.24, 2.45) is 0 Å². The van der Waals surface area contributed by atoms with Crippen LogP contribution in [0.5, 0.6) is 11.5 Å². The standard InChI is InChI=1S/C16H19NO4S/c1-4-12-11-13(5-10-16(12)21-3)17-22(18,19)15-8-6-14(20-2)7-9-15/h5-11,17H,4H2,1-3H3. The maximum absolute atomic E-state index is 12.4. The minimum Gasteiger partial charge on any atom is -0.497 e. The van der Waals surface area contributed by atoms with E-state index in [4.69, 9.17) is 9.47 Å². The maximum Gasteiger partial charge on any atom is 0.261 e. The molecule has 0 aromatic heterocycles. The summed E-state index contributed by atoms with van der Waals surface area (Å²) >= 11 is 0. The van der Waals surface area contributed by atoms with Crippen LogP contribution in [0.2, 0.25) is 0 Å². The molecule has 0 saturated heterocycles. The molecule has 0 spiro atoms. The summed E-state index contributed by atoms with van der Waals surface area (Å²) < 4.78 is 37.6. The van der Waals surface area contributed by atoms with Crippen molar-refractivity contribution >= 4 is 15.7 Å². The van der Waals surface area contributed by atoms with Crippen molar-refractivity contribution in [2.75, 3.05) is 18.9 Å². The predicted molar refractivity (Wildman–Crippen MR) is 86.2 cm³/mol. The highest BCUT2D eigenvalue weighted by atomic mass is 32.2. The Hall–Kier alpha value is -2.21. The van der Waals surface area contributed by atoms with Crippen LogP contribution in [0.25, 0.3) is 0 Å². The van der Waals surface area contributed by atoms with Crippen molar-refractivity contribution in [1.82, 2.24) is 0 Å². The highest BCUT2D eigenvalue weighted by Gasteiger charge is 2.15. The van der Waals surface area contributed by atoms with Crippen LogP contribution in [-0.2, 0) is 16.4 Å². The second-order valence-electron chi connectivity index (χ2n) is 4.66. The van der Waals surface area contributed by atoms with E-state index >= 15 is 0 Å². The van der Waals surface area contributed by atoms with E-state index < -0.39 is 10.0 Å². The Morgan fingerprint density at radius 1 is 1.00 bits per heavy atom. The predicted octanol–water partition coefficient (Wildman–Crippen LogP) is 3.07. The molecule has 118 valence electrons. The van der Waals surface area contributed by atoms with Gasteiger partial charge < -0.3 is 9.47 Å². The zero-order valence-corrected chi connectivity index (χ0v) is 13.6. The summed E-state index contributed by atoms with van der Waals surface area (Å²) in [6.07, 6.45) is 0.751. The number of ether oxygens (including phenoxy) is 2. The van der Waals surface area contributed by atoms with Gasteiger partial charge in [0.25, 0.3) is 10.0 Å². The normalized spacial score (nSPS) is 11.0. The Morgan fingerprint density at radius 3 is 2.23 bits per heavy atom. The van der Waals surface area contributed by atoms with Crippen molar-refractivity contribution in [1.29, 1.82) is 0 Å². The van der Waals surface area contributed by atoms with Gasteiger partial charge >= 0.3 is 0 Å². The van der Waals surface area contributed by atoms with Gasteiger partial charge in [-0.05, 0) is 54.4 Å². The van der Waals surface area contributed by atoms with Crippen molar-refractivity contribution in [3.05, 3.63) is 48.0 Å². The maximum atomic E-state index is 12.4. The number of hydrogen-bond acceptors (Lipinski definition) is 4. The third kappa shape index (κ3) is 3.51. The van der Waals surface area contributed by atoms with E-state index in [9.17, 15) is 8.42 Å². The number of methoxy groups -OCH3 is 2. The highest BCUT2D eigenvalue weighted by molar-refractivity contribution is 7.92. The third-order valence-corrected chi connectivity index (χ3v) is 4.68. The first kappa shape index (κ1) is 16.2. The van der Waals surface area contributed by atoms with Gasteiger partial charge in [0.2, 0.25) is 0 Å². The van der Waals surface area contributed by atoms with Crippen LogP contribution < -0.4 is 14.2 Å². The molecule has 0 aliphatic heterocycles. The molecule has 0 aliphatic rings. The molecule has 5 nitrogen and oxygen atoms in total. The Balaban J connectivity index is 2.27. The lowest BCUT2D eigenvalue weighted by Crippen LogP contribution is -2.13. The number of aryl methyl sites for hydroxylation is 1. The number of hydrogen-bond donors (Lipinski definition) is 1. The molecule has 0 aliphatic carbocycles. The SMILES string of the molecule is CCc1cc(NS(=O)(=O)c2ccc(OC)cc2)ccc1OC. The second kappa shape index (κ2) is 6.70. The van der Waals surface area contributed by atoms with Gasteiger partial charge in [0.05, 0.1) is 19.1 Å². The molecule has 2 aromatic carbocycles. The summed E-state index contributed by atoms with van der Waals surface area (Å²) in [5.74, 6) is 1.35. The number of rotatable bonds is 6. The van der Waals surface area contributed by atoms with E-state index in [1.54, 1.807) is 37.4 Å². The minimum atomic E-state index is -3.63. The molecule has 0 unspecified atom stereocenters. The lowest BCUT2D eigenvalue weighted by molar-refractivity contribution is 0.410. The van der Waals surface area contributed by atoms with E-state index in [0.29, 0.717) is 11.4 Å². The van der Waals surface area contributed by atoms with Crippen LogP contribution >= 0.6 is 0 Å². The van der Waals surface area contributed by atoms with Crippen LogP contribution in [0.3, 0.4) is 0 Å². The van der Waals surface area contributed by atoms with E-state index in [-0.39, 0.29) is 4.90 Å². The van der Waals surface area contributed by atoms with Crippen molar-refractivity contribution in [2.45, 2.75) is 18.2 Å². The van der Waals surface area contributed by atoms with Gasteiger partial charge in [-0.1, -0.05) is 6.92 Å². The van der Waals surface area contributed by atoms with Crippen LogP contribution in [0.15, 0.2) is 47.4 Å². The molecule has 1 N–H and O–H groups in total. The summed E-state index contributed by atoms with van der Waals surface area (Å²) in [7, 11) is -0.503. The highest BCUT2D eigenvalue weighted by Crippen LogP contribution is 2.25. The Labute approximate surface area is 130 Å². The zero-order chi connectivity index (χ0) is 16.2. The average molecular weight is 321 g/mol. The zero-order valence-electron chi connectivity index (χ0n) is 12.8. The molecule has 2 rings (SSSR count). The third-order valence-electron chi connectivity index (χ3n) is 3.28. The molecule has 0 bridgehead atoms. The van der Waals surface area contributed by atoms with Gasteiger partial charge in [0.15, 0.2) is 0 Å².